The second kappa shape index (κ2) is 10.5. The monoisotopic (exact) mass is 516 g/mol. The van der Waals surface area contributed by atoms with Gasteiger partial charge in [-0.2, -0.15) is 13.2 Å². The summed E-state index contributed by atoms with van der Waals surface area (Å²) in [5.41, 5.74) is 2.03. The van der Waals surface area contributed by atoms with Gasteiger partial charge in [0, 0.05) is 22.0 Å². The van der Waals surface area contributed by atoms with Crippen LogP contribution in [-0.2, 0) is 17.4 Å². The molecule has 0 aliphatic heterocycles. The highest BCUT2D eigenvalue weighted by Gasteiger charge is 2.30. The number of aromatic nitrogens is 3. The molecule has 0 unspecified atom stereocenters. The van der Waals surface area contributed by atoms with Gasteiger partial charge in [-0.25, -0.2) is 0 Å². The minimum Gasteiger partial charge on any atom is -0.325 e. The predicted octanol–water partition coefficient (Wildman–Crippen LogP) is 6.90. The molecule has 0 aliphatic rings. The number of halogens is 4. The van der Waals surface area contributed by atoms with Crippen molar-refractivity contribution in [2.24, 2.45) is 0 Å². The van der Waals surface area contributed by atoms with E-state index in [-0.39, 0.29) is 11.4 Å². The molecule has 0 radical (unpaired) electrons. The van der Waals surface area contributed by atoms with E-state index in [9.17, 15) is 18.0 Å². The van der Waals surface area contributed by atoms with Crippen LogP contribution < -0.4 is 5.32 Å². The molecule has 4 rings (SSSR count). The lowest BCUT2D eigenvalue weighted by molar-refractivity contribution is -0.137. The highest BCUT2D eigenvalue weighted by molar-refractivity contribution is 7.99. The van der Waals surface area contributed by atoms with Crippen LogP contribution in [0.4, 0.5) is 18.9 Å². The Kier molecular flexibility index (Phi) is 7.47. The van der Waals surface area contributed by atoms with Gasteiger partial charge in [-0.05, 0) is 66.6 Å². The molecule has 1 amide bonds. The Balaban J connectivity index is 1.57. The zero-order valence-corrected chi connectivity index (χ0v) is 20.1. The summed E-state index contributed by atoms with van der Waals surface area (Å²) in [6.45, 7) is 2.07. The van der Waals surface area contributed by atoms with E-state index >= 15 is 0 Å². The number of aryl methyl sites for hydroxylation is 1. The highest BCUT2D eigenvalue weighted by Crippen LogP contribution is 2.31. The number of benzene rings is 3. The van der Waals surface area contributed by atoms with Gasteiger partial charge in [0.25, 0.3) is 0 Å². The number of rotatable bonds is 7. The van der Waals surface area contributed by atoms with Gasteiger partial charge in [-0.1, -0.05) is 48.5 Å². The van der Waals surface area contributed by atoms with Gasteiger partial charge in [-0.15, -0.1) is 10.2 Å². The largest absolute Gasteiger partial charge is 0.416 e. The summed E-state index contributed by atoms with van der Waals surface area (Å²) >= 11 is 7.16. The minimum atomic E-state index is -4.49. The molecule has 35 heavy (non-hydrogen) atoms. The van der Waals surface area contributed by atoms with Crippen LogP contribution in [0.15, 0.2) is 78.0 Å². The van der Waals surface area contributed by atoms with Gasteiger partial charge in [0.1, 0.15) is 0 Å². The molecule has 3 aromatic carbocycles. The smallest absolute Gasteiger partial charge is 0.325 e. The fraction of sp³-hybridized carbons (Fsp3) is 0.160. The molecule has 0 fully saturated rings. The summed E-state index contributed by atoms with van der Waals surface area (Å²) in [4.78, 5) is 12.5. The van der Waals surface area contributed by atoms with E-state index in [0.717, 1.165) is 41.6 Å². The predicted molar refractivity (Wildman–Crippen MR) is 132 cm³/mol. The Bertz CT molecular complexity index is 1320. The molecule has 10 heteroatoms. The van der Waals surface area contributed by atoms with Gasteiger partial charge in [-0.3, -0.25) is 9.36 Å². The van der Waals surface area contributed by atoms with Crippen molar-refractivity contribution in [3.8, 4) is 17.1 Å². The lowest BCUT2D eigenvalue weighted by Gasteiger charge is -2.12. The second-order valence-corrected chi connectivity index (χ2v) is 8.96. The van der Waals surface area contributed by atoms with Crippen molar-refractivity contribution in [1.29, 1.82) is 0 Å². The van der Waals surface area contributed by atoms with Crippen LogP contribution in [0.25, 0.3) is 17.1 Å². The normalized spacial score (nSPS) is 11.5. The van der Waals surface area contributed by atoms with E-state index in [4.69, 9.17) is 11.6 Å². The molecule has 1 heterocycles. The van der Waals surface area contributed by atoms with E-state index < -0.39 is 17.6 Å². The number of hydrogen-bond donors (Lipinski definition) is 1. The summed E-state index contributed by atoms with van der Waals surface area (Å²) in [6.07, 6.45) is -3.60. The highest BCUT2D eigenvalue weighted by atomic mass is 35.5. The summed E-state index contributed by atoms with van der Waals surface area (Å²) in [5, 5.41) is 12.2. The molecule has 0 saturated heterocycles. The Morgan fingerprint density at radius 1 is 1.03 bits per heavy atom. The minimum absolute atomic E-state index is 0.0674. The van der Waals surface area contributed by atoms with E-state index in [0.29, 0.717) is 16.0 Å². The number of nitrogens with one attached hydrogen (secondary N) is 1. The van der Waals surface area contributed by atoms with Crippen molar-refractivity contribution in [3.63, 3.8) is 0 Å². The molecule has 1 aromatic heterocycles. The number of carbonyl (C=O) groups excluding carboxylic acids is 1. The van der Waals surface area contributed by atoms with Crippen LogP contribution >= 0.6 is 23.4 Å². The van der Waals surface area contributed by atoms with Gasteiger partial charge >= 0.3 is 6.18 Å². The number of amides is 1. The third-order valence-electron chi connectivity index (χ3n) is 5.14. The number of carbonyl (C=O) groups is 1. The average molecular weight is 517 g/mol. The van der Waals surface area contributed by atoms with Crippen LogP contribution in [0.1, 0.15) is 18.1 Å². The fourth-order valence-corrected chi connectivity index (χ4v) is 4.24. The third-order valence-corrected chi connectivity index (χ3v) is 6.33. The first-order chi connectivity index (χ1) is 16.7. The molecule has 180 valence electrons. The maximum atomic E-state index is 13.0. The molecule has 0 saturated carbocycles. The zero-order valence-electron chi connectivity index (χ0n) is 18.5. The fourth-order valence-electron chi connectivity index (χ4n) is 3.36. The van der Waals surface area contributed by atoms with Crippen LogP contribution in [-0.4, -0.2) is 26.4 Å². The molecular formula is C25H20ClF3N4OS. The maximum absolute atomic E-state index is 13.0. The van der Waals surface area contributed by atoms with Crippen LogP contribution in [0.5, 0.6) is 0 Å². The molecule has 1 N–H and O–H groups in total. The van der Waals surface area contributed by atoms with Crippen LogP contribution in [0.3, 0.4) is 0 Å². The van der Waals surface area contributed by atoms with Gasteiger partial charge in [0.15, 0.2) is 11.0 Å². The third kappa shape index (κ3) is 6.04. The van der Waals surface area contributed by atoms with Crippen LogP contribution in [0.2, 0.25) is 5.02 Å². The topological polar surface area (TPSA) is 59.8 Å². The Morgan fingerprint density at radius 3 is 2.40 bits per heavy atom. The lowest BCUT2D eigenvalue weighted by Crippen LogP contribution is -2.15. The number of thioether (sulfide) groups is 1. The van der Waals surface area contributed by atoms with E-state index in [1.807, 2.05) is 41.0 Å². The first-order valence-corrected chi connectivity index (χ1v) is 12.0. The quantitative estimate of drug-likeness (QED) is 0.271. The second-order valence-electron chi connectivity index (χ2n) is 7.58. The van der Waals surface area contributed by atoms with Gasteiger partial charge in [0.2, 0.25) is 5.91 Å². The van der Waals surface area contributed by atoms with Crippen molar-refractivity contribution >= 4 is 35.0 Å². The van der Waals surface area contributed by atoms with Crippen LogP contribution in [0, 0.1) is 0 Å². The van der Waals surface area contributed by atoms with Crippen molar-refractivity contribution in [1.82, 2.24) is 14.8 Å². The van der Waals surface area contributed by atoms with Crippen molar-refractivity contribution in [2.75, 3.05) is 11.1 Å². The van der Waals surface area contributed by atoms with Crippen molar-refractivity contribution in [3.05, 3.63) is 88.9 Å². The number of alkyl halides is 3. The summed E-state index contributed by atoms with van der Waals surface area (Å²) < 4.78 is 40.7. The Hall–Kier alpha value is -3.30. The molecule has 0 atom stereocenters. The zero-order chi connectivity index (χ0) is 25.0. The van der Waals surface area contributed by atoms with E-state index in [1.54, 1.807) is 12.1 Å². The molecule has 0 bridgehead atoms. The molecule has 0 aliphatic carbocycles. The molecule has 5 nitrogen and oxygen atoms in total. The molecule has 4 aromatic rings. The number of hydrogen-bond acceptors (Lipinski definition) is 4. The van der Waals surface area contributed by atoms with Crippen molar-refractivity contribution < 1.29 is 18.0 Å². The van der Waals surface area contributed by atoms with E-state index in [1.165, 1.54) is 17.7 Å². The Morgan fingerprint density at radius 2 is 1.74 bits per heavy atom. The Labute approximate surface area is 209 Å². The number of anilines is 1. The first kappa shape index (κ1) is 24.8. The maximum Gasteiger partial charge on any atom is 0.416 e. The SMILES string of the molecule is CCc1ccc(-n2c(SCC(=O)Nc3cccc(C(F)(F)F)c3)nnc2-c2ccc(Cl)cc2)cc1. The standard InChI is InChI=1S/C25H20ClF3N4OS/c1-2-16-6-12-21(13-7-16)33-23(17-8-10-19(26)11-9-17)31-32-24(33)35-15-22(34)30-20-5-3-4-18(14-20)25(27,28)29/h3-14H,2,15H2,1H3,(H,30,34). The first-order valence-electron chi connectivity index (χ1n) is 10.6. The average Bonchev–Trinajstić information content (AvgIpc) is 3.27. The number of nitrogens with zero attached hydrogens (tertiary/aromatic N) is 3. The lowest BCUT2D eigenvalue weighted by atomic mass is 10.1. The molecular weight excluding hydrogens is 497 g/mol. The van der Waals surface area contributed by atoms with Gasteiger partial charge in [0.05, 0.1) is 11.3 Å². The summed E-state index contributed by atoms with van der Waals surface area (Å²) in [7, 11) is 0. The van der Waals surface area contributed by atoms with Crippen molar-refractivity contribution in [2.45, 2.75) is 24.7 Å². The summed E-state index contributed by atoms with van der Waals surface area (Å²) in [5.74, 6) is 0.0483. The van der Waals surface area contributed by atoms with Gasteiger partial charge < -0.3 is 5.32 Å². The summed E-state index contributed by atoms with van der Waals surface area (Å²) in [6, 6.07) is 19.6. The van der Waals surface area contributed by atoms with E-state index in [2.05, 4.69) is 22.4 Å². The molecule has 0 spiro atoms.